The second-order valence-corrected chi connectivity index (χ2v) is 5.37. The van der Waals surface area contributed by atoms with Gasteiger partial charge in [-0.15, -0.1) is 0 Å². The topological polar surface area (TPSA) is 47.3 Å². The summed E-state index contributed by atoms with van der Waals surface area (Å²) in [5.74, 6) is 1.11. The predicted molar refractivity (Wildman–Crippen MR) is 80.2 cm³/mol. The molecule has 3 nitrogen and oxygen atoms in total. The molecule has 0 saturated carbocycles. The van der Waals surface area contributed by atoms with Crippen LogP contribution in [0.5, 0.6) is 0 Å². The van der Waals surface area contributed by atoms with E-state index >= 15 is 0 Å². The zero-order chi connectivity index (χ0) is 14.1. The number of ether oxygens (including phenoxy) is 1. The standard InChI is InChI=1S/C14H23FN2OS/c1-18-14(13(16)9-15)12-5-3-11(4-6-12)10-17-7-8-19-2/h3-6,13-14,17H,7-10,16H2,1-2H3/t13-,14-/m1/s1. The number of methoxy groups -OCH3 is 1. The van der Waals surface area contributed by atoms with Gasteiger partial charge in [0.2, 0.25) is 0 Å². The van der Waals surface area contributed by atoms with Gasteiger partial charge in [0, 0.05) is 26.0 Å². The van der Waals surface area contributed by atoms with Crippen LogP contribution in [0, 0.1) is 0 Å². The van der Waals surface area contributed by atoms with Crippen LogP contribution in [0.25, 0.3) is 0 Å². The Kier molecular flexibility index (Phi) is 8.05. The van der Waals surface area contributed by atoms with Crippen LogP contribution < -0.4 is 11.1 Å². The van der Waals surface area contributed by atoms with Crippen LogP contribution in [0.2, 0.25) is 0 Å². The summed E-state index contributed by atoms with van der Waals surface area (Å²) in [4.78, 5) is 0. The predicted octanol–water partition coefficient (Wildman–Crippen LogP) is 2.12. The fourth-order valence-electron chi connectivity index (χ4n) is 1.87. The van der Waals surface area contributed by atoms with Gasteiger partial charge in [0.05, 0.1) is 12.1 Å². The average molecular weight is 286 g/mol. The number of alkyl halides is 1. The van der Waals surface area contributed by atoms with E-state index in [0.29, 0.717) is 0 Å². The summed E-state index contributed by atoms with van der Waals surface area (Å²) in [6.07, 6.45) is 1.71. The van der Waals surface area contributed by atoms with E-state index in [4.69, 9.17) is 10.5 Å². The lowest BCUT2D eigenvalue weighted by molar-refractivity contribution is 0.0720. The van der Waals surface area contributed by atoms with Gasteiger partial charge >= 0.3 is 0 Å². The van der Waals surface area contributed by atoms with E-state index in [-0.39, 0.29) is 6.10 Å². The van der Waals surface area contributed by atoms with Crippen molar-refractivity contribution in [2.45, 2.75) is 18.7 Å². The Morgan fingerprint density at radius 1 is 1.37 bits per heavy atom. The summed E-state index contributed by atoms with van der Waals surface area (Å²) in [6, 6.07) is 7.34. The van der Waals surface area contributed by atoms with Crippen LogP contribution in [0.1, 0.15) is 17.2 Å². The highest BCUT2D eigenvalue weighted by molar-refractivity contribution is 7.98. The molecule has 0 aliphatic rings. The Morgan fingerprint density at radius 3 is 2.58 bits per heavy atom. The van der Waals surface area contributed by atoms with Gasteiger partial charge in [0.15, 0.2) is 0 Å². The first-order chi connectivity index (χ1) is 9.22. The third kappa shape index (κ3) is 5.48. The second-order valence-electron chi connectivity index (χ2n) is 4.39. The number of nitrogens with one attached hydrogen (secondary N) is 1. The molecule has 0 saturated heterocycles. The summed E-state index contributed by atoms with van der Waals surface area (Å²) < 4.78 is 17.9. The van der Waals surface area contributed by atoms with E-state index in [9.17, 15) is 4.39 Å². The number of hydrogen-bond donors (Lipinski definition) is 2. The molecule has 3 N–H and O–H groups in total. The molecule has 19 heavy (non-hydrogen) atoms. The molecule has 0 spiro atoms. The number of thioether (sulfide) groups is 1. The zero-order valence-electron chi connectivity index (χ0n) is 11.6. The van der Waals surface area contributed by atoms with E-state index in [2.05, 4.69) is 11.6 Å². The van der Waals surface area contributed by atoms with Crippen LogP contribution in [0.3, 0.4) is 0 Å². The van der Waals surface area contributed by atoms with Gasteiger partial charge in [0.1, 0.15) is 6.67 Å². The summed E-state index contributed by atoms with van der Waals surface area (Å²) in [5.41, 5.74) is 7.82. The number of halogens is 1. The Morgan fingerprint density at radius 2 is 2.05 bits per heavy atom. The lowest BCUT2D eigenvalue weighted by Crippen LogP contribution is -2.31. The van der Waals surface area contributed by atoms with Crippen molar-refractivity contribution in [3.05, 3.63) is 35.4 Å². The number of benzene rings is 1. The smallest absolute Gasteiger partial charge is 0.107 e. The molecule has 0 heterocycles. The summed E-state index contributed by atoms with van der Waals surface area (Å²) in [5, 5.41) is 3.36. The van der Waals surface area contributed by atoms with Crippen molar-refractivity contribution >= 4 is 11.8 Å². The van der Waals surface area contributed by atoms with Gasteiger partial charge in [-0.3, -0.25) is 0 Å². The van der Waals surface area contributed by atoms with Crippen LogP contribution in [-0.2, 0) is 11.3 Å². The van der Waals surface area contributed by atoms with Crippen LogP contribution in [-0.4, -0.2) is 38.4 Å². The fraction of sp³-hybridized carbons (Fsp3) is 0.571. The molecule has 1 aromatic carbocycles. The maximum atomic E-state index is 12.6. The van der Waals surface area contributed by atoms with E-state index in [1.165, 1.54) is 5.56 Å². The van der Waals surface area contributed by atoms with E-state index in [1.54, 1.807) is 7.11 Å². The highest BCUT2D eigenvalue weighted by Crippen LogP contribution is 2.20. The van der Waals surface area contributed by atoms with Crippen molar-refractivity contribution in [2.75, 3.05) is 32.3 Å². The maximum Gasteiger partial charge on any atom is 0.107 e. The number of hydrogen-bond acceptors (Lipinski definition) is 4. The van der Waals surface area contributed by atoms with E-state index in [0.717, 1.165) is 24.4 Å². The van der Waals surface area contributed by atoms with Crippen molar-refractivity contribution in [1.82, 2.24) is 5.32 Å². The van der Waals surface area contributed by atoms with E-state index < -0.39 is 12.7 Å². The maximum absolute atomic E-state index is 12.6. The monoisotopic (exact) mass is 286 g/mol. The third-order valence-electron chi connectivity index (χ3n) is 2.94. The molecule has 0 fully saturated rings. The molecule has 1 aromatic rings. The molecule has 0 unspecified atom stereocenters. The molecule has 1 rings (SSSR count). The van der Waals surface area contributed by atoms with Crippen LogP contribution >= 0.6 is 11.8 Å². The average Bonchev–Trinajstić information content (AvgIpc) is 2.45. The fourth-order valence-corrected chi connectivity index (χ4v) is 2.22. The SMILES string of the molecule is CO[C@H](c1ccc(CNCCSC)cc1)[C@H](N)CF. The molecule has 0 aliphatic carbocycles. The van der Waals surface area contributed by atoms with Gasteiger partial charge in [-0.1, -0.05) is 24.3 Å². The van der Waals surface area contributed by atoms with Crippen molar-refractivity contribution < 1.29 is 9.13 Å². The van der Waals surface area contributed by atoms with Crippen LogP contribution in [0.4, 0.5) is 4.39 Å². The van der Waals surface area contributed by atoms with Crippen molar-refractivity contribution in [3.8, 4) is 0 Å². The van der Waals surface area contributed by atoms with Gasteiger partial charge in [-0.2, -0.15) is 11.8 Å². The zero-order valence-corrected chi connectivity index (χ0v) is 12.4. The molecule has 0 aliphatic heterocycles. The molecule has 5 heteroatoms. The highest BCUT2D eigenvalue weighted by atomic mass is 32.2. The lowest BCUT2D eigenvalue weighted by atomic mass is 10.0. The van der Waals surface area contributed by atoms with Gasteiger partial charge in [-0.25, -0.2) is 4.39 Å². The lowest BCUT2D eigenvalue weighted by Gasteiger charge is -2.20. The molecule has 108 valence electrons. The summed E-state index contributed by atoms with van der Waals surface area (Å²) in [6.45, 7) is 1.25. The molecule has 0 aromatic heterocycles. The first kappa shape index (κ1) is 16.4. The Labute approximate surface area is 119 Å². The Hall–Kier alpha value is -0.620. The van der Waals surface area contributed by atoms with Crippen molar-refractivity contribution in [3.63, 3.8) is 0 Å². The molecule has 0 amide bonds. The quantitative estimate of drug-likeness (QED) is 0.683. The molecule has 0 bridgehead atoms. The first-order valence-electron chi connectivity index (χ1n) is 6.35. The summed E-state index contributed by atoms with van der Waals surface area (Å²) >= 11 is 1.82. The van der Waals surface area contributed by atoms with Crippen molar-refractivity contribution in [2.24, 2.45) is 5.73 Å². The first-order valence-corrected chi connectivity index (χ1v) is 7.75. The minimum Gasteiger partial charge on any atom is -0.375 e. The normalized spacial score (nSPS) is 14.3. The number of rotatable bonds is 9. The Bertz CT molecular complexity index is 348. The number of nitrogens with two attached hydrogens (primary N) is 1. The van der Waals surface area contributed by atoms with Gasteiger partial charge < -0.3 is 15.8 Å². The largest absolute Gasteiger partial charge is 0.375 e. The highest BCUT2D eigenvalue weighted by Gasteiger charge is 2.18. The van der Waals surface area contributed by atoms with Crippen LogP contribution in [0.15, 0.2) is 24.3 Å². The molecule has 0 radical (unpaired) electrons. The molecular weight excluding hydrogens is 263 g/mol. The molecule has 2 atom stereocenters. The van der Waals surface area contributed by atoms with Gasteiger partial charge in [0.25, 0.3) is 0 Å². The Balaban J connectivity index is 2.54. The van der Waals surface area contributed by atoms with Gasteiger partial charge in [-0.05, 0) is 17.4 Å². The summed E-state index contributed by atoms with van der Waals surface area (Å²) in [7, 11) is 1.55. The van der Waals surface area contributed by atoms with E-state index in [1.807, 2.05) is 36.0 Å². The second kappa shape index (κ2) is 9.31. The third-order valence-corrected chi connectivity index (χ3v) is 3.55. The minimum atomic E-state index is -0.615. The van der Waals surface area contributed by atoms with Crippen molar-refractivity contribution in [1.29, 1.82) is 0 Å². The minimum absolute atomic E-state index is 0.386. The molecular formula is C14H23FN2OS.